The van der Waals surface area contributed by atoms with Gasteiger partial charge in [0.15, 0.2) is 0 Å². The molecule has 3 aliphatic rings. The van der Waals surface area contributed by atoms with Crippen LogP contribution in [0.25, 0.3) is 44.5 Å². The second-order valence-corrected chi connectivity index (χ2v) is 18.4. The van der Waals surface area contributed by atoms with Crippen LogP contribution in [-0.4, -0.2) is 0 Å². The molecule has 0 unspecified atom stereocenters. The number of fused-ring (bicyclic) bond motifs is 11. The number of anilines is 6. The lowest BCUT2D eigenvalue weighted by atomic mass is 9.59. The van der Waals surface area contributed by atoms with Gasteiger partial charge in [0, 0.05) is 16.8 Å². The molecule has 0 bridgehead atoms. The van der Waals surface area contributed by atoms with Crippen LogP contribution in [0.1, 0.15) is 47.2 Å². The van der Waals surface area contributed by atoms with Crippen LogP contribution in [0.2, 0.25) is 0 Å². The standard InChI is InChI=1S/C64H46N2/c1-63(2)52-24-10-9-22-51(52)62-50(23-17-28-56(62)63)47-36-41-61-57(42-47)64(55-27-13-16-31-60(55)66(61)49-39-34-46(35-40-49)44-20-7-4-8-21-44)53-25-11-14-29-58(53)65(59-30-15-12-26-54(59)64)48-37-32-45(33-38-48)43-18-5-3-6-19-43/h3-42H,1-2H3. The maximum atomic E-state index is 2.54. The van der Waals surface area contributed by atoms with E-state index >= 15 is 0 Å². The summed E-state index contributed by atoms with van der Waals surface area (Å²) in [4.78, 5) is 4.98. The van der Waals surface area contributed by atoms with E-state index in [1.165, 1.54) is 101 Å². The van der Waals surface area contributed by atoms with Gasteiger partial charge in [0.05, 0.1) is 28.2 Å². The van der Waals surface area contributed by atoms with E-state index in [0.717, 1.165) is 11.4 Å². The predicted octanol–water partition coefficient (Wildman–Crippen LogP) is 16.9. The minimum Gasteiger partial charge on any atom is -0.310 e. The van der Waals surface area contributed by atoms with Gasteiger partial charge in [-0.05, 0) is 132 Å². The minimum atomic E-state index is -0.675. The second-order valence-electron chi connectivity index (χ2n) is 18.4. The first kappa shape index (κ1) is 38.3. The van der Waals surface area contributed by atoms with Crippen LogP contribution in [0, 0.1) is 0 Å². The normalized spacial score (nSPS) is 14.4. The fourth-order valence-corrected chi connectivity index (χ4v) is 11.7. The second kappa shape index (κ2) is 14.7. The van der Waals surface area contributed by atoms with Crippen LogP contribution in [0.15, 0.2) is 243 Å². The van der Waals surface area contributed by atoms with Crippen molar-refractivity contribution in [2.75, 3.05) is 9.80 Å². The summed E-state index contributed by atoms with van der Waals surface area (Å²) in [6.07, 6.45) is 0. The van der Waals surface area contributed by atoms with Crippen molar-refractivity contribution in [3.8, 4) is 44.5 Å². The van der Waals surface area contributed by atoms with Crippen LogP contribution in [0.3, 0.4) is 0 Å². The van der Waals surface area contributed by atoms with Crippen molar-refractivity contribution in [1.29, 1.82) is 0 Å². The van der Waals surface area contributed by atoms with Crippen molar-refractivity contribution in [3.63, 3.8) is 0 Å². The van der Waals surface area contributed by atoms with Gasteiger partial charge in [-0.15, -0.1) is 0 Å². The molecule has 10 aromatic rings. The predicted molar refractivity (Wildman–Crippen MR) is 275 cm³/mol. The molecule has 0 aromatic heterocycles. The smallest absolute Gasteiger partial charge is 0.0783 e. The molecule has 0 fully saturated rings. The van der Waals surface area contributed by atoms with Crippen LogP contribution >= 0.6 is 0 Å². The van der Waals surface area contributed by atoms with Gasteiger partial charge in [0.1, 0.15) is 0 Å². The summed E-state index contributed by atoms with van der Waals surface area (Å²) in [5, 5.41) is 0. The lowest BCUT2D eigenvalue weighted by Crippen LogP contribution is -2.42. The van der Waals surface area contributed by atoms with Gasteiger partial charge in [-0.3, -0.25) is 0 Å². The fraction of sp³-hybridized carbons (Fsp3) is 0.0625. The quantitative estimate of drug-likeness (QED) is 0.170. The molecule has 2 nitrogen and oxygen atoms in total. The number of hydrogen-bond donors (Lipinski definition) is 0. The highest BCUT2D eigenvalue weighted by molar-refractivity contribution is 5.99. The molecule has 0 saturated carbocycles. The summed E-state index contributed by atoms with van der Waals surface area (Å²) in [6.45, 7) is 4.75. The molecular formula is C64H46N2. The molecule has 0 atom stereocenters. The summed E-state index contributed by atoms with van der Waals surface area (Å²) in [5.74, 6) is 0. The fourth-order valence-electron chi connectivity index (χ4n) is 11.7. The molecule has 0 radical (unpaired) electrons. The first-order valence-electron chi connectivity index (χ1n) is 23.1. The molecule has 2 heteroatoms. The van der Waals surface area contributed by atoms with Gasteiger partial charge in [-0.1, -0.05) is 202 Å². The van der Waals surface area contributed by atoms with Gasteiger partial charge < -0.3 is 9.80 Å². The molecule has 66 heavy (non-hydrogen) atoms. The van der Waals surface area contributed by atoms with Crippen LogP contribution in [0.4, 0.5) is 34.1 Å². The highest BCUT2D eigenvalue weighted by Crippen LogP contribution is 2.64. The van der Waals surface area contributed by atoms with Gasteiger partial charge in [-0.2, -0.15) is 0 Å². The topological polar surface area (TPSA) is 6.48 Å². The van der Waals surface area contributed by atoms with Gasteiger partial charge in [0.2, 0.25) is 0 Å². The first-order chi connectivity index (χ1) is 32.5. The van der Waals surface area contributed by atoms with E-state index in [9.17, 15) is 0 Å². The van der Waals surface area contributed by atoms with E-state index in [2.05, 4.69) is 266 Å². The Hall–Kier alpha value is -8.20. The molecule has 13 rings (SSSR count). The Kier molecular flexibility index (Phi) is 8.51. The zero-order valence-corrected chi connectivity index (χ0v) is 37.0. The van der Waals surface area contributed by atoms with E-state index < -0.39 is 5.41 Å². The van der Waals surface area contributed by atoms with Crippen molar-refractivity contribution in [3.05, 3.63) is 276 Å². The van der Waals surface area contributed by atoms with Crippen LogP contribution < -0.4 is 9.80 Å². The summed E-state index contributed by atoms with van der Waals surface area (Å²) < 4.78 is 0. The number of nitrogens with zero attached hydrogens (tertiary/aromatic N) is 2. The maximum absolute atomic E-state index is 2.54. The van der Waals surface area contributed by atoms with Crippen molar-refractivity contribution < 1.29 is 0 Å². The van der Waals surface area contributed by atoms with Gasteiger partial charge >= 0.3 is 0 Å². The third-order valence-corrected chi connectivity index (χ3v) is 14.7. The molecule has 0 N–H and O–H groups in total. The molecule has 2 heterocycles. The zero-order chi connectivity index (χ0) is 44.0. The van der Waals surface area contributed by atoms with Crippen molar-refractivity contribution in [1.82, 2.24) is 0 Å². The van der Waals surface area contributed by atoms with E-state index in [4.69, 9.17) is 0 Å². The molecule has 0 saturated heterocycles. The average molecular weight is 843 g/mol. The molecule has 1 aliphatic carbocycles. The Balaban J connectivity index is 1.08. The number of hydrogen-bond acceptors (Lipinski definition) is 2. The van der Waals surface area contributed by atoms with E-state index in [1.807, 2.05) is 0 Å². The monoisotopic (exact) mass is 842 g/mol. The highest BCUT2D eigenvalue weighted by atomic mass is 15.2. The Labute approximate surface area is 387 Å². The number of para-hydroxylation sites is 3. The Morgan fingerprint density at radius 2 is 0.652 bits per heavy atom. The maximum Gasteiger partial charge on any atom is 0.0783 e. The van der Waals surface area contributed by atoms with Gasteiger partial charge in [0.25, 0.3) is 0 Å². The largest absolute Gasteiger partial charge is 0.310 e. The minimum absolute atomic E-state index is 0.108. The third-order valence-electron chi connectivity index (χ3n) is 14.7. The van der Waals surface area contributed by atoms with Crippen molar-refractivity contribution >= 4 is 34.1 Å². The molecule has 10 aromatic carbocycles. The summed E-state index contributed by atoms with van der Waals surface area (Å²) in [5.41, 5.74) is 23.9. The van der Waals surface area contributed by atoms with Gasteiger partial charge in [-0.25, -0.2) is 0 Å². The Morgan fingerprint density at radius 1 is 0.273 bits per heavy atom. The third kappa shape index (κ3) is 5.48. The Bertz CT molecular complexity index is 3390. The first-order valence-corrected chi connectivity index (χ1v) is 23.1. The number of rotatable bonds is 5. The molecule has 312 valence electrons. The summed E-state index contributed by atoms with van der Waals surface area (Å²) >= 11 is 0. The lowest BCUT2D eigenvalue weighted by molar-refractivity contribution is 0.660. The average Bonchev–Trinajstić information content (AvgIpc) is 3.62. The number of benzene rings is 10. The summed E-state index contributed by atoms with van der Waals surface area (Å²) in [6, 6.07) is 90.2. The van der Waals surface area contributed by atoms with Crippen LogP contribution in [0.5, 0.6) is 0 Å². The Morgan fingerprint density at radius 3 is 1.17 bits per heavy atom. The van der Waals surface area contributed by atoms with E-state index in [1.54, 1.807) is 0 Å². The molecular weight excluding hydrogens is 797 g/mol. The van der Waals surface area contributed by atoms with Crippen molar-refractivity contribution in [2.24, 2.45) is 0 Å². The lowest BCUT2D eigenvalue weighted by Gasteiger charge is -2.51. The molecule has 0 amide bonds. The van der Waals surface area contributed by atoms with Crippen LogP contribution in [-0.2, 0) is 10.8 Å². The zero-order valence-electron chi connectivity index (χ0n) is 37.0. The van der Waals surface area contributed by atoms with Crippen molar-refractivity contribution in [2.45, 2.75) is 24.7 Å². The van der Waals surface area contributed by atoms with E-state index in [0.29, 0.717) is 0 Å². The summed E-state index contributed by atoms with van der Waals surface area (Å²) in [7, 11) is 0. The SMILES string of the molecule is CC1(C)c2ccccc2-c2c(-c3ccc4c(c3)C3(c5ccccc5N(c5ccc(-c6ccccc6)cc5)c5ccccc53)c3ccccc3N4c3ccc(-c4ccccc4)cc3)cccc21. The van der Waals surface area contributed by atoms with E-state index in [-0.39, 0.29) is 5.41 Å². The molecule has 2 aliphatic heterocycles. The highest BCUT2D eigenvalue weighted by Gasteiger charge is 2.52. The molecule has 1 spiro atoms.